The van der Waals surface area contributed by atoms with Crippen LogP contribution in [0.5, 0.6) is 5.75 Å². The second-order valence-electron chi connectivity index (χ2n) is 8.25. The number of β-amino-alcohol motifs (C(OH)–C–C–N with tert-alkyl or cyclic N) is 1. The van der Waals surface area contributed by atoms with E-state index in [1.807, 2.05) is 30.0 Å². The summed E-state index contributed by atoms with van der Waals surface area (Å²) >= 11 is 0. The van der Waals surface area contributed by atoms with Gasteiger partial charge in [-0.1, -0.05) is 13.0 Å². The van der Waals surface area contributed by atoms with Crippen molar-refractivity contribution in [2.45, 2.75) is 25.6 Å². The van der Waals surface area contributed by atoms with Crippen LogP contribution in [-0.4, -0.2) is 117 Å². The van der Waals surface area contributed by atoms with Crippen LogP contribution in [0, 0.1) is 0 Å². The number of hydrogen-bond acceptors (Lipinski definition) is 7. The molecule has 1 amide bonds. The summed E-state index contributed by atoms with van der Waals surface area (Å²) in [6.07, 6.45) is 0.341. The third-order valence-electron chi connectivity index (χ3n) is 5.98. The first-order chi connectivity index (χ1) is 15.1. The molecule has 1 aromatic rings. The van der Waals surface area contributed by atoms with Gasteiger partial charge in [-0.2, -0.15) is 0 Å². The van der Waals surface area contributed by atoms with Crippen molar-refractivity contribution in [1.29, 1.82) is 0 Å². The quantitative estimate of drug-likeness (QED) is 0.586. The minimum absolute atomic E-state index is 0.0125. The summed E-state index contributed by atoms with van der Waals surface area (Å²) in [7, 11) is 1.61. The van der Waals surface area contributed by atoms with Crippen LogP contribution < -0.4 is 4.74 Å². The maximum atomic E-state index is 13.4. The summed E-state index contributed by atoms with van der Waals surface area (Å²) in [4.78, 5) is 19.8. The van der Waals surface area contributed by atoms with E-state index in [4.69, 9.17) is 14.2 Å². The highest BCUT2D eigenvalue weighted by atomic mass is 16.5. The maximum absolute atomic E-state index is 13.4. The molecule has 0 aromatic heterocycles. The van der Waals surface area contributed by atoms with Crippen LogP contribution in [0.4, 0.5) is 0 Å². The van der Waals surface area contributed by atoms with Crippen LogP contribution in [0.3, 0.4) is 0 Å². The lowest BCUT2D eigenvalue weighted by molar-refractivity contribution is -0.0516. The topological polar surface area (TPSA) is 74.7 Å². The fourth-order valence-electron chi connectivity index (χ4n) is 4.03. The van der Waals surface area contributed by atoms with Crippen molar-refractivity contribution < 1.29 is 24.1 Å². The van der Waals surface area contributed by atoms with Crippen LogP contribution >= 0.6 is 0 Å². The maximum Gasteiger partial charge on any atom is 0.254 e. The van der Waals surface area contributed by atoms with E-state index in [1.54, 1.807) is 13.2 Å². The van der Waals surface area contributed by atoms with Crippen molar-refractivity contribution in [3.63, 3.8) is 0 Å². The van der Waals surface area contributed by atoms with Gasteiger partial charge in [0.05, 0.1) is 39.1 Å². The number of amides is 1. The number of carbonyl (C=O) groups is 1. The molecule has 2 aliphatic rings. The molecule has 8 heteroatoms. The minimum Gasteiger partial charge on any atom is -0.497 e. The minimum atomic E-state index is -0.324. The van der Waals surface area contributed by atoms with Gasteiger partial charge in [-0.05, 0) is 24.6 Å². The third kappa shape index (κ3) is 7.43. The van der Waals surface area contributed by atoms with Gasteiger partial charge >= 0.3 is 0 Å². The normalized spacial score (nSPS) is 21.6. The Morgan fingerprint density at radius 1 is 1.26 bits per heavy atom. The van der Waals surface area contributed by atoms with Crippen molar-refractivity contribution >= 4 is 5.91 Å². The molecule has 2 atom stereocenters. The first-order valence-electron chi connectivity index (χ1n) is 11.3. The van der Waals surface area contributed by atoms with Crippen LogP contribution in [0.2, 0.25) is 0 Å². The Kier molecular flexibility index (Phi) is 9.54. The first kappa shape index (κ1) is 23.9. The highest BCUT2D eigenvalue weighted by molar-refractivity contribution is 5.94. The van der Waals surface area contributed by atoms with Crippen molar-refractivity contribution in [1.82, 2.24) is 14.7 Å². The number of hydrogen-bond donors (Lipinski definition) is 1. The molecule has 31 heavy (non-hydrogen) atoms. The number of methoxy groups -OCH3 is 1. The standard InChI is InChI=1S/C23H37N3O5/c1-3-20(27)16-25-11-14-31-22(17-25)18-26(8-7-24-9-12-30-13-10-24)23(28)19-5-4-6-21(15-19)29-2/h4-6,15,20,22,27H,3,7-14,16-18H2,1-2H3. The largest absolute Gasteiger partial charge is 0.497 e. The zero-order valence-electron chi connectivity index (χ0n) is 18.9. The lowest BCUT2D eigenvalue weighted by Gasteiger charge is -2.37. The van der Waals surface area contributed by atoms with E-state index in [0.29, 0.717) is 37.6 Å². The van der Waals surface area contributed by atoms with Gasteiger partial charge in [0, 0.05) is 57.9 Å². The molecule has 2 fully saturated rings. The van der Waals surface area contributed by atoms with Crippen molar-refractivity contribution in [3.8, 4) is 5.75 Å². The summed E-state index contributed by atoms with van der Waals surface area (Å²) in [5, 5.41) is 10.0. The molecule has 0 bridgehead atoms. The number of aliphatic hydroxyl groups is 1. The number of morpholine rings is 2. The summed E-state index contributed by atoms with van der Waals surface area (Å²) in [5.74, 6) is 0.661. The summed E-state index contributed by atoms with van der Waals surface area (Å²) in [6.45, 7) is 10.0. The summed E-state index contributed by atoms with van der Waals surface area (Å²) in [6, 6.07) is 7.31. The SMILES string of the molecule is CCC(O)CN1CCOC(CN(CCN2CCOCC2)C(=O)c2cccc(OC)c2)C1. The van der Waals surface area contributed by atoms with Crippen molar-refractivity contribution in [3.05, 3.63) is 29.8 Å². The average molecular weight is 436 g/mol. The molecule has 1 N–H and O–H groups in total. The van der Waals surface area contributed by atoms with Gasteiger partial charge in [0.25, 0.3) is 5.91 Å². The zero-order valence-corrected chi connectivity index (χ0v) is 18.9. The van der Waals surface area contributed by atoms with Gasteiger partial charge in [0.15, 0.2) is 0 Å². The second kappa shape index (κ2) is 12.4. The number of rotatable bonds is 10. The third-order valence-corrected chi connectivity index (χ3v) is 5.98. The number of carbonyl (C=O) groups excluding carboxylic acids is 1. The van der Waals surface area contributed by atoms with E-state index in [2.05, 4.69) is 9.80 Å². The zero-order chi connectivity index (χ0) is 22.1. The summed E-state index contributed by atoms with van der Waals surface area (Å²) < 4.78 is 16.7. The number of nitrogens with zero attached hydrogens (tertiary/aromatic N) is 3. The highest BCUT2D eigenvalue weighted by Crippen LogP contribution is 2.16. The molecule has 2 saturated heterocycles. The molecule has 174 valence electrons. The van der Waals surface area contributed by atoms with E-state index in [9.17, 15) is 9.90 Å². The number of benzene rings is 1. The lowest BCUT2D eigenvalue weighted by Crippen LogP contribution is -2.51. The van der Waals surface area contributed by atoms with Gasteiger partial charge in [-0.3, -0.25) is 14.6 Å². The Labute approximate surface area is 185 Å². The first-order valence-corrected chi connectivity index (χ1v) is 11.3. The number of ether oxygens (including phenoxy) is 3. The molecular formula is C23H37N3O5. The van der Waals surface area contributed by atoms with Crippen LogP contribution in [0.15, 0.2) is 24.3 Å². The Hall–Kier alpha value is -1.71. The fraction of sp³-hybridized carbons (Fsp3) is 0.696. The molecule has 2 heterocycles. The molecule has 0 aliphatic carbocycles. The van der Waals surface area contributed by atoms with E-state index in [1.165, 1.54) is 0 Å². The monoisotopic (exact) mass is 435 g/mol. The van der Waals surface area contributed by atoms with Crippen molar-refractivity contribution in [2.24, 2.45) is 0 Å². The predicted molar refractivity (Wildman–Crippen MR) is 119 cm³/mol. The lowest BCUT2D eigenvalue weighted by atomic mass is 10.1. The fourth-order valence-corrected chi connectivity index (χ4v) is 4.03. The second-order valence-corrected chi connectivity index (χ2v) is 8.25. The summed E-state index contributed by atoms with van der Waals surface area (Å²) in [5.41, 5.74) is 0.621. The Bertz CT molecular complexity index is 683. The van der Waals surface area contributed by atoms with E-state index in [-0.39, 0.29) is 18.1 Å². The predicted octanol–water partition coefficient (Wildman–Crippen LogP) is 0.941. The van der Waals surface area contributed by atoms with E-state index in [0.717, 1.165) is 52.4 Å². The average Bonchev–Trinajstić information content (AvgIpc) is 2.82. The van der Waals surface area contributed by atoms with Crippen LogP contribution in [0.1, 0.15) is 23.7 Å². The smallest absolute Gasteiger partial charge is 0.254 e. The van der Waals surface area contributed by atoms with Crippen LogP contribution in [-0.2, 0) is 9.47 Å². The van der Waals surface area contributed by atoms with Gasteiger partial charge in [0.1, 0.15) is 5.75 Å². The molecule has 2 aliphatic heterocycles. The van der Waals surface area contributed by atoms with E-state index < -0.39 is 0 Å². The van der Waals surface area contributed by atoms with Gasteiger partial charge in [-0.25, -0.2) is 0 Å². The van der Waals surface area contributed by atoms with Crippen LogP contribution in [0.25, 0.3) is 0 Å². The molecule has 0 saturated carbocycles. The molecule has 8 nitrogen and oxygen atoms in total. The Morgan fingerprint density at radius 3 is 2.77 bits per heavy atom. The number of aliphatic hydroxyl groups excluding tert-OH is 1. The van der Waals surface area contributed by atoms with Gasteiger partial charge in [0.2, 0.25) is 0 Å². The molecule has 3 rings (SSSR count). The molecule has 0 spiro atoms. The molecular weight excluding hydrogens is 398 g/mol. The van der Waals surface area contributed by atoms with E-state index >= 15 is 0 Å². The van der Waals surface area contributed by atoms with Gasteiger partial charge < -0.3 is 24.2 Å². The molecule has 1 aromatic carbocycles. The Balaban J connectivity index is 1.66. The molecule has 2 unspecified atom stereocenters. The van der Waals surface area contributed by atoms with Gasteiger partial charge in [-0.15, -0.1) is 0 Å². The highest BCUT2D eigenvalue weighted by Gasteiger charge is 2.27. The molecule has 0 radical (unpaired) electrons. The van der Waals surface area contributed by atoms with Crippen molar-refractivity contribution in [2.75, 3.05) is 79.3 Å². The Morgan fingerprint density at radius 2 is 2.03 bits per heavy atom.